The van der Waals surface area contributed by atoms with Crippen molar-refractivity contribution in [3.05, 3.63) is 107 Å². The topological polar surface area (TPSA) is 158 Å². The van der Waals surface area contributed by atoms with Gasteiger partial charge in [0.05, 0.1) is 40.5 Å². The zero-order chi connectivity index (χ0) is 37.0. The maximum absolute atomic E-state index is 14.0. The van der Waals surface area contributed by atoms with E-state index >= 15 is 0 Å². The molecule has 1 aliphatic rings. The molecular weight excluding hydrogens is 677 g/mol. The van der Waals surface area contributed by atoms with E-state index in [0.29, 0.717) is 11.3 Å². The molecule has 11 nitrogen and oxygen atoms in total. The average Bonchev–Trinajstić information content (AvgIpc) is 3.74. The largest absolute Gasteiger partial charge is 0.507 e. The van der Waals surface area contributed by atoms with Crippen molar-refractivity contribution in [2.75, 3.05) is 6.54 Å². The zero-order valence-electron chi connectivity index (χ0n) is 29.5. The van der Waals surface area contributed by atoms with Gasteiger partial charge in [-0.3, -0.25) is 14.4 Å². The number of nitrogens with zero attached hydrogens (tertiary/aromatic N) is 4. The first-order valence-electron chi connectivity index (χ1n) is 17.1. The molecule has 0 aliphatic carbocycles. The van der Waals surface area contributed by atoms with Crippen LogP contribution in [0, 0.1) is 12.3 Å². The van der Waals surface area contributed by atoms with Gasteiger partial charge in [-0.15, -0.1) is 11.3 Å². The van der Waals surface area contributed by atoms with E-state index in [2.05, 4.69) is 25.8 Å². The number of carbonyl (C=O) groups excluding carboxylic acids is 3. The van der Waals surface area contributed by atoms with Crippen molar-refractivity contribution in [2.45, 2.75) is 65.3 Å². The van der Waals surface area contributed by atoms with Crippen LogP contribution < -0.4 is 10.6 Å². The Morgan fingerprint density at radius 3 is 2.33 bits per heavy atom. The number of aromatic nitrogens is 3. The summed E-state index contributed by atoms with van der Waals surface area (Å²) in [6.45, 7) is 7.81. The highest BCUT2D eigenvalue weighted by molar-refractivity contribution is 7.13. The maximum atomic E-state index is 14.0. The monoisotopic (exact) mass is 718 g/mol. The van der Waals surface area contributed by atoms with Gasteiger partial charge in [0.25, 0.3) is 0 Å². The van der Waals surface area contributed by atoms with Crippen molar-refractivity contribution < 1.29 is 24.6 Å². The van der Waals surface area contributed by atoms with Gasteiger partial charge < -0.3 is 25.7 Å². The van der Waals surface area contributed by atoms with Crippen LogP contribution in [0.3, 0.4) is 0 Å². The standard InChI is InChI=1S/C40H42N6O5S/c1-24-36(52-23-42-24)28-15-11-26(12-16-28)20-41-38(50)33-19-30(47)22-46(33)39(51)37(40(2,3)4)44-35(49)17-25-9-13-27(14-10-25)29-18-32(45-43-21-29)31-7-5-6-8-34(31)48/h5-16,18,21,23,30,33,37,47-48H,17,19-20,22H2,1-4H3,(H,41,50)(H,44,49)/t30-,33+,37-/m1/s1. The lowest BCUT2D eigenvalue weighted by Gasteiger charge is -2.35. The summed E-state index contributed by atoms with van der Waals surface area (Å²) in [7, 11) is 0. The molecule has 1 aliphatic heterocycles. The number of thiazole rings is 1. The molecule has 0 radical (unpaired) electrons. The summed E-state index contributed by atoms with van der Waals surface area (Å²) in [5, 5.41) is 34.9. The molecule has 12 heteroatoms. The van der Waals surface area contributed by atoms with Crippen molar-refractivity contribution >= 4 is 29.1 Å². The van der Waals surface area contributed by atoms with Gasteiger partial charge in [0.2, 0.25) is 17.7 Å². The molecule has 3 aromatic carbocycles. The molecule has 0 spiro atoms. The molecule has 0 saturated carbocycles. The van der Waals surface area contributed by atoms with Crippen molar-refractivity contribution in [1.29, 1.82) is 0 Å². The molecule has 3 atom stereocenters. The Hall–Kier alpha value is -5.46. The molecule has 0 unspecified atom stereocenters. The highest BCUT2D eigenvalue weighted by Gasteiger charge is 2.44. The Morgan fingerprint density at radius 1 is 0.962 bits per heavy atom. The summed E-state index contributed by atoms with van der Waals surface area (Å²) in [5.41, 5.74) is 7.58. The summed E-state index contributed by atoms with van der Waals surface area (Å²) in [6, 6.07) is 22.3. The van der Waals surface area contributed by atoms with E-state index in [0.717, 1.165) is 38.4 Å². The van der Waals surface area contributed by atoms with Crippen LogP contribution >= 0.6 is 11.3 Å². The number of amides is 3. The number of para-hydroxylation sites is 1. The number of benzene rings is 3. The molecule has 4 N–H and O–H groups in total. The molecule has 0 bridgehead atoms. The SMILES string of the molecule is Cc1ncsc1-c1ccc(CNC(=O)[C@@H]2C[C@@H](O)CN2C(=O)[C@@H](NC(=O)Cc2ccc(-c3cnnc(-c4ccccc4O)c3)cc2)C(C)(C)C)cc1. The Bertz CT molecular complexity index is 2060. The highest BCUT2D eigenvalue weighted by atomic mass is 32.1. The molecule has 1 fully saturated rings. The van der Waals surface area contributed by atoms with Gasteiger partial charge >= 0.3 is 0 Å². The second-order valence-corrected chi connectivity index (χ2v) is 15.0. The van der Waals surface area contributed by atoms with Gasteiger partial charge in [-0.05, 0) is 52.8 Å². The number of carbonyl (C=O) groups is 3. The van der Waals surface area contributed by atoms with Crippen molar-refractivity contribution in [2.24, 2.45) is 5.41 Å². The van der Waals surface area contributed by atoms with Crippen LogP contribution in [0.1, 0.15) is 44.0 Å². The highest BCUT2D eigenvalue weighted by Crippen LogP contribution is 2.31. The number of aromatic hydroxyl groups is 1. The van der Waals surface area contributed by atoms with Crippen LogP contribution in [0.5, 0.6) is 5.75 Å². The Balaban J connectivity index is 1.08. The van der Waals surface area contributed by atoms with Crippen LogP contribution in [0.15, 0.2) is 90.6 Å². The molecule has 2 aromatic heterocycles. The number of hydrogen-bond donors (Lipinski definition) is 4. The van der Waals surface area contributed by atoms with Gasteiger partial charge in [0.1, 0.15) is 17.8 Å². The van der Waals surface area contributed by atoms with Crippen LogP contribution in [-0.4, -0.2) is 72.7 Å². The number of β-amino-alcohol motifs (C(OH)–C–C–N with tert-alkyl or cyclic N) is 1. The number of nitrogens with one attached hydrogen (secondary N) is 2. The fraction of sp³-hybridized carbons (Fsp3) is 0.300. The van der Waals surface area contributed by atoms with Gasteiger partial charge in [-0.25, -0.2) is 4.98 Å². The lowest BCUT2D eigenvalue weighted by atomic mass is 9.85. The summed E-state index contributed by atoms with van der Waals surface area (Å²) in [5.74, 6) is -1.00. The molecule has 1 saturated heterocycles. The molecule has 6 rings (SSSR count). The van der Waals surface area contributed by atoms with E-state index in [-0.39, 0.29) is 43.5 Å². The number of aryl methyl sites for hydroxylation is 1. The normalized spacial score (nSPS) is 16.4. The minimum Gasteiger partial charge on any atom is -0.507 e. The zero-order valence-corrected chi connectivity index (χ0v) is 30.4. The smallest absolute Gasteiger partial charge is 0.246 e. The number of likely N-dealkylation sites (tertiary alicyclic amines) is 1. The summed E-state index contributed by atoms with van der Waals surface area (Å²) in [4.78, 5) is 47.6. The second-order valence-electron chi connectivity index (χ2n) is 14.2. The first-order chi connectivity index (χ1) is 24.9. The quantitative estimate of drug-likeness (QED) is 0.152. The van der Waals surface area contributed by atoms with E-state index in [1.54, 1.807) is 35.7 Å². The molecule has 3 heterocycles. The van der Waals surface area contributed by atoms with E-state index < -0.39 is 29.5 Å². The fourth-order valence-electron chi connectivity index (χ4n) is 6.34. The number of hydrogen-bond acceptors (Lipinski definition) is 9. The predicted octanol–water partition coefficient (Wildman–Crippen LogP) is 5.30. The van der Waals surface area contributed by atoms with Gasteiger partial charge in [0, 0.05) is 30.6 Å². The van der Waals surface area contributed by atoms with Gasteiger partial charge in [-0.1, -0.05) is 81.4 Å². The molecular formula is C40H42N6O5S. The number of rotatable bonds is 10. The summed E-state index contributed by atoms with van der Waals surface area (Å²) in [6.07, 6.45) is 0.919. The van der Waals surface area contributed by atoms with Crippen molar-refractivity contribution in [3.8, 4) is 38.6 Å². The number of phenols is 1. The molecule has 3 amide bonds. The van der Waals surface area contributed by atoms with Gasteiger partial charge in [-0.2, -0.15) is 10.2 Å². The maximum Gasteiger partial charge on any atom is 0.246 e. The van der Waals surface area contributed by atoms with Crippen LogP contribution in [0.2, 0.25) is 0 Å². The summed E-state index contributed by atoms with van der Waals surface area (Å²) >= 11 is 1.58. The Kier molecular flexibility index (Phi) is 10.8. The third-order valence-electron chi connectivity index (χ3n) is 9.20. The first kappa shape index (κ1) is 36.3. The Labute approximate surface area is 306 Å². The van der Waals surface area contributed by atoms with Crippen molar-refractivity contribution in [3.63, 3.8) is 0 Å². The van der Waals surface area contributed by atoms with E-state index in [1.165, 1.54) is 4.90 Å². The van der Waals surface area contributed by atoms with E-state index in [4.69, 9.17) is 0 Å². The third kappa shape index (κ3) is 8.35. The molecule has 5 aromatic rings. The minimum absolute atomic E-state index is 0.000797. The second kappa shape index (κ2) is 15.4. The first-order valence-corrected chi connectivity index (χ1v) is 18.0. The summed E-state index contributed by atoms with van der Waals surface area (Å²) < 4.78 is 0. The lowest BCUT2D eigenvalue weighted by molar-refractivity contribution is -0.144. The number of aliphatic hydroxyl groups excluding tert-OH is 1. The average molecular weight is 719 g/mol. The van der Waals surface area contributed by atoms with Crippen molar-refractivity contribution in [1.82, 2.24) is 30.7 Å². The van der Waals surface area contributed by atoms with Gasteiger partial charge in [0.15, 0.2) is 0 Å². The molecule has 268 valence electrons. The third-order valence-corrected chi connectivity index (χ3v) is 10.2. The van der Waals surface area contributed by atoms with E-state index in [1.807, 2.05) is 93.9 Å². The van der Waals surface area contributed by atoms with E-state index in [9.17, 15) is 24.6 Å². The minimum atomic E-state index is -0.932. The predicted molar refractivity (Wildman–Crippen MR) is 200 cm³/mol. The fourth-order valence-corrected chi connectivity index (χ4v) is 7.15. The van der Waals surface area contributed by atoms with Crippen LogP contribution in [0.4, 0.5) is 0 Å². The van der Waals surface area contributed by atoms with Crippen LogP contribution in [0.25, 0.3) is 32.8 Å². The Morgan fingerprint density at radius 2 is 1.65 bits per heavy atom. The number of aliphatic hydroxyl groups is 1. The van der Waals surface area contributed by atoms with Crippen LogP contribution in [-0.2, 0) is 27.3 Å². The lowest BCUT2D eigenvalue weighted by Crippen LogP contribution is -2.58. The molecule has 52 heavy (non-hydrogen) atoms. The number of phenolic OH excluding ortho intramolecular Hbond substituents is 1.